The van der Waals surface area contributed by atoms with Crippen molar-refractivity contribution in [1.29, 1.82) is 0 Å². The number of carboxylic acid groups (broad SMARTS) is 1. The smallest absolute Gasteiger partial charge is 0.273 e. The van der Waals surface area contributed by atoms with Crippen LogP contribution in [0.25, 0.3) is 0 Å². The van der Waals surface area contributed by atoms with Crippen LogP contribution in [0, 0.1) is 54.6 Å². The Balaban J connectivity index is 0.000000305. The van der Waals surface area contributed by atoms with Crippen molar-refractivity contribution in [2.75, 3.05) is 78.5 Å². The van der Waals surface area contributed by atoms with Gasteiger partial charge in [-0.25, -0.2) is 0 Å². The number of carbonyl (C=O) groups excluding carboxylic acids is 2. The molecule has 2 unspecified atom stereocenters. The predicted molar refractivity (Wildman–Crippen MR) is 293 cm³/mol. The first-order valence-corrected chi connectivity index (χ1v) is 26.4. The van der Waals surface area contributed by atoms with E-state index in [1.54, 1.807) is 24.4 Å². The molecule has 8 rings (SSSR count). The van der Waals surface area contributed by atoms with Gasteiger partial charge in [0.1, 0.15) is 18.4 Å². The molecule has 0 saturated carbocycles. The second-order valence-corrected chi connectivity index (χ2v) is 20.7. The molecule has 8 heterocycles. The number of nitro groups is 4. The number of hydrogen-bond acceptors (Lipinski definition) is 22. The van der Waals surface area contributed by atoms with Crippen molar-refractivity contribution >= 4 is 35.0 Å². The zero-order valence-electron chi connectivity index (χ0n) is 46.3. The van der Waals surface area contributed by atoms with E-state index in [4.69, 9.17) is 0 Å². The van der Waals surface area contributed by atoms with Gasteiger partial charge >= 0.3 is 0 Å². The Labute approximate surface area is 510 Å². The second-order valence-electron chi connectivity index (χ2n) is 20.7. The van der Waals surface area contributed by atoms with Crippen molar-refractivity contribution < 1.29 is 88.3 Å². The normalized spacial score (nSPS) is 18.9. The molecule has 0 radical (unpaired) electrons. The molecular weight excluding hydrogens is 1190 g/mol. The standard InChI is InChI=1S/C28H35N9O7.C26H30N8O5.2Fe/c1-37(19-23-16-25(36(43)44)4-7-32-23)12-10-33(17-21-14-20(2-5-30-21)27(38)26(29)28(39)40)8-9-34(11-13-37)18-22-15-24(35(41)42)3-6-31-22;1-34(19-24-16-26(33(38)39)4-7-29-24)12-10-30(17-22-14-21(20-35)2-5-27-22)8-9-31(11-13-34)18-23-15-25(32(36)37)3-6-28-23;;/h2-7,14-16,26-27,38H,1,8-13,17-19,29H2,(H,39,40);2-7,14-16,20H,1,8-13,17-19H2;;/t26-,27-,37?;;;/m0.../s1. The van der Waals surface area contributed by atoms with Gasteiger partial charge in [-0.1, -0.05) is 0 Å². The number of quaternary nitrogens is 3. The summed E-state index contributed by atoms with van der Waals surface area (Å²) in [5, 5.41) is 66.9. The summed E-state index contributed by atoms with van der Waals surface area (Å²) in [6.07, 6.45) is 8.25. The molecule has 31 heteroatoms. The van der Waals surface area contributed by atoms with Gasteiger partial charge in [0.25, 0.3) is 22.7 Å². The summed E-state index contributed by atoms with van der Waals surface area (Å²) in [7, 11) is 8.99. The number of carbonyl (C=O) groups is 2. The van der Waals surface area contributed by atoms with Crippen LogP contribution < -0.4 is 10.8 Å². The summed E-state index contributed by atoms with van der Waals surface area (Å²) < 4.78 is 0.607. The number of hydrogen-bond donors (Lipinski definition) is 2. The van der Waals surface area contributed by atoms with Crippen LogP contribution in [0.2, 0.25) is 0 Å². The number of aromatic nitrogens is 6. The van der Waals surface area contributed by atoms with E-state index in [1.807, 2.05) is 0 Å². The third-order valence-corrected chi connectivity index (χ3v) is 14.5. The molecule has 0 aromatic carbocycles. The van der Waals surface area contributed by atoms with Gasteiger partial charge in [0, 0.05) is 204 Å². The first kappa shape index (κ1) is 68.1. The minimum atomic E-state index is -1.46. The fourth-order valence-electron chi connectivity index (χ4n) is 9.65. The molecule has 454 valence electrons. The minimum absolute atomic E-state index is 0. The fraction of sp³-hybridized carbons (Fsp3) is 0.370. The maximum atomic E-state index is 11.3. The minimum Gasteiger partial charge on any atom is -0.544 e. The summed E-state index contributed by atoms with van der Waals surface area (Å²) in [5.41, 5.74) is 7.91. The van der Waals surface area contributed by atoms with E-state index in [0.29, 0.717) is 162 Å². The van der Waals surface area contributed by atoms with Crippen molar-refractivity contribution in [3.8, 4) is 0 Å². The molecule has 0 aliphatic carbocycles. The van der Waals surface area contributed by atoms with Crippen molar-refractivity contribution in [3.05, 3.63) is 210 Å². The van der Waals surface area contributed by atoms with Gasteiger partial charge < -0.3 is 29.7 Å². The summed E-state index contributed by atoms with van der Waals surface area (Å²) in [4.78, 5) is 101. The van der Waals surface area contributed by atoms with Gasteiger partial charge in [0.15, 0.2) is 6.04 Å². The molecule has 0 spiro atoms. The monoisotopic (exact) mass is 1260 g/mol. The average Bonchev–Trinajstić information content (AvgIpc) is 3.62. The van der Waals surface area contributed by atoms with E-state index in [2.05, 4.69) is 69.3 Å². The molecule has 4 atom stereocenters. The van der Waals surface area contributed by atoms with E-state index in [0.717, 1.165) is 12.0 Å². The van der Waals surface area contributed by atoms with Gasteiger partial charge in [-0.05, 0) is 29.8 Å². The van der Waals surface area contributed by atoms with Gasteiger partial charge in [-0.2, -0.15) is 0 Å². The number of carboxylic acids is 1. The molecule has 2 saturated heterocycles. The van der Waals surface area contributed by atoms with E-state index < -0.39 is 37.8 Å². The molecule has 0 amide bonds. The largest absolute Gasteiger partial charge is 0.544 e. The Morgan fingerprint density at radius 3 is 1.14 bits per heavy atom. The molecule has 29 nitrogen and oxygen atoms in total. The van der Waals surface area contributed by atoms with Crippen molar-refractivity contribution in [2.45, 2.75) is 51.4 Å². The van der Waals surface area contributed by atoms with Crippen molar-refractivity contribution in [3.63, 3.8) is 0 Å². The number of pyridine rings is 6. The summed E-state index contributed by atoms with van der Waals surface area (Å²) in [6.45, 7) is 9.86. The van der Waals surface area contributed by atoms with Crippen LogP contribution in [0.4, 0.5) is 22.7 Å². The Hall–Kier alpha value is -7.64. The number of nitrogens with zero attached hydrogens (tertiary/aromatic N) is 16. The van der Waals surface area contributed by atoms with Gasteiger partial charge in [0.05, 0.1) is 93.1 Å². The van der Waals surface area contributed by atoms with Gasteiger partial charge in [-0.3, -0.25) is 94.8 Å². The van der Waals surface area contributed by atoms with E-state index in [-0.39, 0.29) is 61.4 Å². The molecule has 85 heavy (non-hydrogen) atoms. The van der Waals surface area contributed by atoms with Crippen LogP contribution in [-0.2, 0) is 78.2 Å². The zero-order chi connectivity index (χ0) is 59.7. The molecule has 2 aliphatic rings. The zero-order valence-corrected chi connectivity index (χ0v) is 48.5. The van der Waals surface area contributed by atoms with Crippen LogP contribution in [0.15, 0.2) is 110 Å². The predicted octanol–water partition coefficient (Wildman–Crippen LogP) is 1.83. The first-order chi connectivity index (χ1) is 39.6. The van der Waals surface area contributed by atoms with Gasteiger partial charge in [-0.15, -0.1) is 14.1 Å². The number of aliphatic hydroxyl groups is 1. The van der Waals surface area contributed by atoms with Gasteiger partial charge in [0.2, 0.25) is 0 Å². The average molecular weight is 1260 g/mol. The van der Waals surface area contributed by atoms with Crippen LogP contribution in [0.5, 0.6) is 0 Å². The topological polar surface area (TPSA) is 368 Å². The quantitative estimate of drug-likeness (QED) is 0.0275. The SMILES string of the molecule is [CH2-][N+]1(Cc2cc([N+](=O)[O-])ccn2)CCN(Cc2cc(C=O)ccn2)CCN(Cc2cc([N+](=O)[O-])ccn2)CC1.[CH2-][N+]1(Cc2cc([N+](=O)[O-])ccn2)CCN(Cc2cc([C@H](O)[C@H]([NH3+])C(=O)[O-])ccn2)CCN(Cc2cc([N+](=O)[O-])ccn2)CC1.[Fe].[Fe]. The molecule has 2 aliphatic heterocycles. The fourth-order valence-corrected chi connectivity index (χ4v) is 9.65. The maximum Gasteiger partial charge on any atom is 0.273 e. The number of aldehydes is 1. The summed E-state index contributed by atoms with van der Waals surface area (Å²) >= 11 is 0. The van der Waals surface area contributed by atoms with E-state index in [1.165, 1.54) is 85.6 Å². The van der Waals surface area contributed by atoms with Crippen LogP contribution in [-0.4, -0.2) is 180 Å². The van der Waals surface area contributed by atoms with Crippen LogP contribution in [0.1, 0.15) is 56.2 Å². The molecule has 2 fully saturated rings. The summed E-state index contributed by atoms with van der Waals surface area (Å²) in [5.74, 6) is -1.46. The Bertz CT molecular complexity index is 3270. The Morgan fingerprint density at radius 1 is 0.518 bits per heavy atom. The van der Waals surface area contributed by atoms with E-state index >= 15 is 0 Å². The number of aliphatic carboxylic acids is 1. The maximum absolute atomic E-state index is 11.3. The Kier molecular flexibility index (Phi) is 25.7. The summed E-state index contributed by atoms with van der Waals surface area (Å²) in [6, 6.07) is 16.5. The first-order valence-electron chi connectivity index (χ1n) is 26.4. The number of rotatable bonds is 20. The molecule has 6 aromatic rings. The van der Waals surface area contributed by atoms with Crippen molar-refractivity contribution in [2.24, 2.45) is 0 Å². The molecule has 0 bridgehead atoms. The molecular formula is C54H65Fe2N17O12. The third-order valence-electron chi connectivity index (χ3n) is 14.5. The molecule has 4 N–H and O–H groups in total. The molecule has 6 aromatic heterocycles. The third kappa shape index (κ3) is 20.8. The van der Waals surface area contributed by atoms with Crippen LogP contribution in [0.3, 0.4) is 0 Å². The van der Waals surface area contributed by atoms with E-state index in [9.17, 15) is 60.3 Å². The Morgan fingerprint density at radius 2 is 0.812 bits per heavy atom. The van der Waals surface area contributed by atoms with Crippen molar-refractivity contribution in [1.82, 2.24) is 49.5 Å². The number of aliphatic hydroxyl groups excluding tert-OH is 1. The van der Waals surface area contributed by atoms with Crippen LogP contribution >= 0.6 is 0 Å². The second kappa shape index (κ2) is 32.0.